The summed E-state index contributed by atoms with van der Waals surface area (Å²) >= 11 is 0. The molecule has 29 heavy (non-hydrogen) atoms. The number of anilines is 2. The molecule has 12 nitrogen and oxygen atoms in total. The summed E-state index contributed by atoms with van der Waals surface area (Å²) in [5.74, 6) is 0.770. The van der Waals surface area contributed by atoms with Gasteiger partial charge < -0.3 is 34.4 Å². The Balaban J connectivity index is 0.00000205. The SMILES string of the molecule is Nc1ncnc2c1nc(N1CCCCC1)n2C1OC2COP(=O)([O-])OC2C1O.[Na+]. The molecule has 0 saturated carbocycles. The molecule has 14 heteroatoms. The molecule has 0 aliphatic carbocycles. The summed E-state index contributed by atoms with van der Waals surface area (Å²) in [5.41, 5.74) is 6.79. The quantitative estimate of drug-likeness (QED) is 0.357. The topological polar surface area (TPSA) is 161 Å². The largest absolute Gasteiger partial charge is 1.00 e. The van der Waals surface area contributed by atoms with Crippen LogP contribution in [0.4, 0.5) is 11.8 Å². The van der Waals surface area contributed by atoms with Gasteiger partial charge in [0, 0.05) is 13.1 Å². The van der Waals surface area contributed by atoms with Crippen molar-refractivity contribution in [2.75, 3.05) is 30.3 Å². The molecule has 0 aromatic carbocycles. The van der Waals surface area contributed by atoms with Gasteiger partial charge in [-0.2, -0.15) is 0 Å². The average Bonchev–Trinajstić information content (AvgIpc) is 3.21. The molecular formula is C15H20N6NaO6P. The van der Waals surface area contributed by atoms with E-state index in [0.29, 0.717) is 17.1 Å². The summed E-state index contributed by atoms with van der Waals surface area (Å²) in [5, 5.41) is 10.8. The van der Waals surface area contributed by atoms with Crippen LogP contribution in [-0.2, 0) is 18.3 Å². The van der Waals surface area contributed by atoms with Crippen LogP contribution in [0.2, 0.25) is 0 Å². The molecule has 2 aromatic rings. The fraction of sp³-hybridized carbons (Fsp3) is 0.667. The van der Waals surface area contributed by atoms with Crippen molar-refractivity contribution in [3.8, 4) is 0 Å². The van der Waals surface area contributed by atoms with Gasteiger partial charge in [0.05, 0.1) is 6.61 Å². The molecule has 3 aliphatic rings. The van der Waals surface area contributed by atoms with Crippen LogP contribution < -0.4 is 45.1 Å². The Morgan fingerprint density at radius 1 is 1.28 bits per heavy atom. The smallest absolute Gasteiger partial charge is 0.756 e. The van der Waals surface area contributed by atoms with E-state index in [1.54, 1.807) is 4.57 Å². The van der Waals surface area contributed by atoms with E-state index in [4.69, 9.17) is 19.5 Å². The Bertz CT molecular complexity index is 955. The molecule has 0 amide bonds. The number of nitrogen functional groups attached to an aromatic ring is 1. The molecule has 0 spiro atoms. The first-order chi connectivity index (χ1) is 13.4. The Kier molecular flexibility index (Phi) is 5.93. The van der Waals surface area contributed by atoms with Gasteiger partial charge in [-0.3, -0.25) is 9.13 Å². The number of hydrogen-bond acceptors (Lipinski definition) is 11. The summed E-state index contributed by atoms with van der Waals surface area (Å²) in [6.07, 6.45) is 0.474. The first-order valence-electron chi connectivity index (χ1n) is 9.15. The van der Waals surface area contributed by atoms with Gasteiger partial charge in [-0.05, 0) is 19.3 Å². The number of phosphoric ester groups is 1. The minimum atomic E-state index is -4.46. The summed E-state index contributed by atoms with van der Waals surface area (Å²) in [4.78, 5) is 26.6. The summed E-state index contributed by atoms with van der Waals surface area (Å²) < 4.78 is 28.9. The third-order valence-electron chi connectivity index (χ3n) is 5.34. The Morgan fingerprint density at radius 2 is 2.03 bits per heavy atom. The van der Waals surface area contributed by atoms with Crippen molar-refractivity contribution in [2.24, 2.45) is 0 Å². The van der Waals surface area contributed by atoms with Crippen molar-refractivity contribution in [3.63, 3.8) is 0 Å². The van der Waals surface area contributed by atoms with Gasteiger partial charge in [0.1, 0.15) is 24.6 Å². The molecule has 3 aliphatic heterocycles. The Labute approximate surface area is 188 Å². The number of rotatable bonds is 2. The maximum absolute atomic E-state index is 11.7. The zero-order chi connectivity index (χ0) is 19.5. The van der Waals surface area contributed by atoms with Crippen LogP contribution in [0.25, 0.3) is 11.2 Å². The molecular weight excluding hydrogens is 414 g/mol. The summed E-state index contributed by atoms with van der Waals surface area (Å²) in [6, 6.07) is 0. The van der Waals surface area contributed by atoms with Crippen LogP contribution in [-0.4, -0.2) is 62.6 Å². The fourth-order valence-corrected chi connectivity index (χ4v) is 4.96. The first-order valence-corrected chi connectivity index (χ1v) is 10.6. The van der Waals surface area contributed by atoms with Gasteiger partial charge in [-0.1, -0.05) is 0 Å². The first kappa shape index (κ1) is 21.4. The number of aliphatic hydroxyl groups excluding tert-OH is 1. The van der Waals surface area contributed by atoms with Crippen molar-refractivity contribution in [1.82, 2.24) is 19.5 Å². The normalized spacial score (nSPS) is 34.8. The number of aliphatic hydroxyl groups is 1. The van der Waals surface area contributed by atoms with E-state index in [0.717, 1.165) is 32.4 Å². The second-order valence-electron chi connectivity index (χ2n) is 7.13. The number of nitrogens with two attached hydrogens (primary N) is 1. The standard InChI is InChI=1S/C15H21N6O6P.Na/c16-12-9-13(18-7-17-12)21(15(19-9)20-4-2-1-3-5-20)14-10(22)11-8(26-14)6-25-28(23,24)27-11;/h7-8,10-11,14,22H,1-6H2,(H,23,24)(H2,16,17,18);/q;+1/p-1. The zero-order valence-corrected chi connectivity index (χ0v) is 18.8. The minimum absolute atomic E-state index is 0. The van der Waals surface area contributed by atoms with E-state index in [1.807, 2.05) is 0 Å². The molecule has 152 valence electrons. The molecule has 3 saturated heterocycles. The average molecular weight is 434 g/mol. The molecule has 5 unspecified atom stereocenters. The molecule has 3 N–H and O–H groups in total. The van der Waals surface area contributed by atoms with Crippen molar-refractivity contribution < 1.29 is 57.9 Å². The monoisotopic (exact) mass is 434 g/mol. The molecule has 5 heterocycles. The second-order valence-corrected chi connectivity index (χ2v) is 8.49. The van der Waals surface area contributed by atoms with E-state index in [2.05, 4.69) is 19.9 Å². The predicted molar refractivity (Wildman–Crippen MR) is 94.1 cm³/mol. The predicted octanol–water partition coefficient (Wildman–Crippen LogP) is -3.46. The van der Waals surface area contributed by atoms with Gasteiger partial charge in [0.25, 0.3) is 7.82 Å². The number of hydrogen-bond donors (Lipinski definition) is 2. The maximum atomic E-state index is 11.7. The van der Waals surface area contributed by atoms with Gasteiger partial charge in [0.2, 0.25) is 5.95 Å². The van der Waals surface area contributed by atoms with Gasteiger partial charge >= 0.3 is 29.6 Å². The van der Waals surface area contributed by atoms with Crippen LogP contribution in [0, 0.1) is 0 Å². The Morgan fingerprint density at radius 3 is 2.79 bits per heavy atom. The summed E-state index contributed by atoms with van der Waals surface area (Å²) in [6.45, 7) is 1.37. The van der Waals surface area contributed by atoms with Crippen molar-refractivity contribution >= 4 is 30.8 Å². The maximum Gasteiger partial charge on any atom is 1.00 e. The third kappa shape index (κ3) is 3.71. The van der Waals surface area contributed by atoms with Crippen LogP contribution in [0.1, 0.15) is 25.5 Å². The minimum Gasteiger partial charge on any atom is -0.756 e. The van der Waals surface area contributed by atoms with Crippen LogP contribution in [0.3, 0.4) is 0 Å². The summed E-state index contributed by atoms with van der Waals surface area (Å²) in [7, 11) is -4.46. The molecule has 0 bridgehead atoms. The Hall–Kier alpha value is -0.820. The second kappa shape index (κ2) is 8.03. The number of imidazole rings is 1. The third-order valence-corrected chi connectivity index (χ3v) is 6.30. The number of fused-ring (bicyclic) bond motifs is 2. The molecule has 2 aromatic heterocycles. The zero-order valence-electron chi connectivity index (χ0n) is 15.9. The number of piperidine rings is 1. The van der Waals surface area contributed by atoms with E-state index in [9.17, 15) is 14.6 Å². The van der Waals surface area contributed by atoms with E-state index >= 15 is 0 Å². The molecule has 5 atom stereocenters. The number of aromatic nitrogens is 4. The number of nitrogens with zero attached hydrogens (tertiary/aromatic N) is 5. The molecule has 3 fully saturated rings. The molecule has 0 radical (unpaired) electrons. The van der Waals surface area contributed by atoms with Crippen molar-refractivity contribution in [2.45, 2.75) is 43.8 Å². The number of ether oxygens (including phenoxy) is 1. The van der Waals surface area contributed by atoms with Gasteiger partial charge in [-0.15, -0.1) is 0 Å². The van der Waals surface area contributed by atoms with Crippen LogP contribution >= 0.6 is 7.82 Å². The van der Waals surface area contributed by atoms with Crippen molar-refractivity contribution in [1.29, 1.82) is 0 Å². The van der Waals surface area contributed by atoms with Gasteiger partial charge in [0.15, 0.2) is 23.2 Å². The van der Waals surface area contributed by atoms with Crippen molar-refractivity contribution in [3.05, 3.63) is 6.33 Å². The van der Waals surface area contributed by atoms with Gasteiger partial charge in [-0.25, -0.2) is 15.0 Å². The molecule has 5 rings (SSSR count). The number of phosphoric acid groups is 1. The van der Waals surface area contributed by atoms with Crippen LogP contribution in [0.5, 0.6) is 0 Å². The van der Waals surface area contributed by atoms with Crippen LogP contribution in [0.15, 0.2) is 6.33 Å². The fourth-order valence-electron chi connectivity index (χ4n) is 4.01. The van der Waals surface area contributed by atoms with E-state index in [-0.39, 0.29) is 42.0 Å². The van der Waals surface area contributed by atoms with E-state index in [1.165, 1.54) is 6.33 Å². The van der Waals surface area contributed by atoms with E-state index < -0.39 is 32.4 Å².